The fourth-order valence-corrected chi connectivity index (χ4v) is 2.54. The monoisotopic (exact) mass is 235 g/mol. The van der Waals surface area contributed by atoms with Crippen LogP contribution in [-0.4, -0.2) is 35.3 Å². The Morgan fingerprint density at radius 2 is 2.24 bits per heavy atom. The maximum absolute atomic E-state index is 9.75. The number of aliphatic hydroxyl groups is 1. The van der Waals surface area contributed by atoms with Crippen LogP contribution in [0.4, 0.5) is 0 Å². The van der Waals surface area contributed by atoms with Crippen molar-refractivity contribution in [3.8, 4) is 5.75 Å². The number of β-amino-alcohol motifs (C(OH)–C–C–N with tert-alkyl or cyclic N) is 1. The van der Waals surface area contributed by atoms with Crippen molar-refractivity contribution >= 4 is 0 Å². The number of aliphatic hydroxyl groups excluding tert-OH is 1. The molecule has 0 bridgehead atoms. The third-order valence-electron chi connectivity index (χ3n) is 3.53. The Hall–Kier alpha value is -1.06. The molecule has 1 saturated heterocycles. The van der Waals surface area contributed by atoms with E-state index in [1.807, 2.05) is 12.1 Å². The lowest BCUT2D eigenvalue weighted by molar-refractivity contribution is 0.156. The minimum Gasteiger partial charge on any atom is -0.497 e. The molecule has 1 aromatic rings. The van der Waals surface area contributed by atoms with E-state index in [9.17, 15) is 5.11 Å². The Balaban J connectivity index is 2.10. The minimum absolute atomic E-state index is 0.0719. The quantitative estimate of drug-likeness (QED) is 0.870. The highest BCUT2D eigenvalue weighted by Crippen LogP contribution is 2.30. The highest BCUT2D eigenvalue weighted by atomic mass is 16.5. The van der Waals surface area contributed by atoms with E-state index in [-0.39, 0.29) is 11.6 Å². The van der Waals surface area contributed by atoms with Crippen molar-refractivity contribution in [2.45, 2.75) is 38.5 Å². The topological polar surface area (TPSA) is 32.7 Å². The van der Waals surface area contributed by atoms with Gasteiger partial charge in [-0.25, -0.2) is 0 Å². The first-order chi connectivity index (χ1) is 8.01. The summed E-state index contributed by atoms with van der Waals surface area (Å²) in [7, 11) is 1.68. The van der Waals surface area contributed by atoms with Gasteiger partial charge in [-0.15, -0.1) is 0 Å². The van der Waals surface area contributed by atoms with Crippen LogP contribution < -0.4 is 4.74 Å². The molecule has 0 aliphatic carbocycles. The SMILES string of the molecule is COc1cccc(CN2CC(O)CC2(C)C)c1. The number of rotatable bonds is 3. The molecule has 0 saturated carbocycles. The van der Waals surface area contributed by atoms with E-state index >= 15 is 0 Å². The number of methoxy groups -OCH3 is 1. The predicted octanol–water partition coefficient (Wildman–Crippen LogP) is 2.04. The number of benzene rings is 1. The highest BCUT2D eigenvalue weighted by molar-refractivity contribution is 5.28. The van der Waals surface area contributed by atoms with Crippen LogP contribution in [0.5, 0.6) is 5.75 Å². The van der Waals surface area contributed by atoms with Crippen molar-refractivity contribution in [3.63, 3.8) is 0 Å². The summed E-state index contributed by atoms with van der Waals surface area (Å²) in [4.78, 5) is 2.33. The summed E-state index contributed by atoms with van der Waals surface area (Å²) in [6.45, 7) is 5.98. The van der Waals surface area contributed by atoms with E-state index in [0.29, 0.717) is 0 Å². The molecule has 1 fully saturated rings. The van der Waals surface area contributed by atoms with Gasteiger partial charge >= 0.3 is 0 Å². The van der Waals surface area contributed by atoms with Gasteiger partial charge in [0.1, 0.15) is 5.75 Å². The molecule has 1 aliphatic rings. The molecule has 17 heavy (non-hydrogen) atoms. The van der Waals surface area contributed by atoms with Crippen molar-refractivity contribution < 1.29 is 9.84 Å². The van der Waals surface area contributed by atoms with Gasteiger partial charge in [0.15, 0.2) is 0 Å². The Labute approximate surface area is 103 Å². The second-order valence-electron chi connectivity index (χ2n) is 5.40. The maximum atomic E-state index is 9.75. The van der Waals surface area contributed by atoms with Crippen LogP contribution in [0.3, 0.4) is 0 Å². The van der Waals surface area contributed by atoms with Crippen LogP contribution in [-0.2, 0) is 6.54 Å². The van der Waals surface area contributed by atoms with E-state index in [4.69, 9.17) is 4.74 Å². The van der Waals surface area contributed by atoms with E-state index in [1.165, 1.54) is 5.56 Å². The predicted molar refractivity (Wildman–Crippen MR) is 68.1 cm³/mol. The van der Waals surface area contributed by atoms with Crippen molar-refractivity contribution in [2.75, 3.05) is 13.7 Å². The fraction of sp³-hybridized carbons (Fsp3) is 0.571. The normalized spacial score (nSPS) is 23.9. The van der Waals surface area contributed by atoms with E-state index < -0.39 is 0 Å². The molecular formula is C14H21NO2. The van der Waals surface area contributed by atoms with Gasteiger partial charge < -0.3 is 9.84 Å². The molecule has 0 spiro atoms. The van der Waals surface area contributed by atoms with E-state index in [1.54, 1.807) is 7.11 Å². The number of ether oxygens (including phenoxy) is 1. The Kier molecular flexibility index (Phi) is 3.40. The molecule has 3 heteroatoms. The standard InChI is InChI=1S/C14H21NO2/c1-14(2)8-12(16)10-15(14)9-11-5-4-6-13(7-11)17-3/h4-7,12,16H,8-10H2,1-3H3. The van der Waals surface area contributed by atoms with Gasteiger partial charge in [-0.1, -0.05) is 12.1 Å². The van der Waals surface area contributed by atoms with Crippen LogP contribution in [0.25, 0.3) is 0 Å². The van der Waals surface area contributed by atoms with Gasteiger partial charge in [0.25, 0.3) is 0 Å². The van der Waals surface area contributed by atoms with Crippen molar-refractivity contribution in [1.82, 2.24) is 4.90 Å². The fourth-order valence-electron chi connectivity index (χ4n) is 2.54. The first-order valence-electron chi connectivity index (χ1n) is 6.07. The molecule has 3 nitrogen and oxygen atoms in total. The van der Waals surface area contributed by atoms with Crippen LogP contribution in [0, 0.1) is 0 Å². The zero-order valence-electron chi connectivity index (χ0n) is 10.8. The summed E-state index contributed by atoms with van der Waals surface area (Å²) >= 11 is 0. The van der Waals surface area contributed by atoms with Crippen molar-refractivity contribution in [2.24, 2.45) is 0 Å². The zero-order valence-corrected chi connectivity index (χ0v) is 10.8. The van der Waals surface area contributed by atoms with Gasteiger partial charge in [0.05, 0.1) is 13.2 Å². The third kappa shape index (κ3) is 2.79. The molecule has 94 valence electrons. The first-order valence-corrected chi connectivity index (χ1v) is 6.07. The molecule has 0 amide bonds. The second kappa shape index (κ2) is 4.67. The van der Waals surface area contributed by atoms with Crippen molar-refractivity contribution in [3.05, 3.63) is 29.8 Å². The lowest BCUT2D eigenvalue weighted by Gasteiger charge is -2.31. The number of nitrogens with zero attached hydrogens (tertiary/aromatic N) is 1. The first kappa shape index (κ1) is 12.4. The summed E-state index contributed by atoms with van der Waals surface area (Å²) in [6.07, 6.45) is 0.646. The molecule has 0 aromatic heterocycles. The molecule has 1 unspecified atom stereocenters. The summed E-state index contributed by atoms with van der Waals surface area (Å²) in [5.74, 6) is 0.889. The van der Waals surface area contributed by atoms with Crippen LogP contribution in [0.15, 0.2) is 24.3 Å². The lowest BCUT2D eigenvalue weighted by atomic mass is 10.0. The second-order valence-corrected chi connectivity index (χ2v) is 5.40. The third-order valence-corrected chi connectivity index (χ3v) is 3.53. The molecule has 1 atom stereocenters. The Morgan fingerprint density at radius 3 is 2.82 bits per heavy atom. The Bertz CT molecular complexity index is 390. The zero-order chi connectivity index (χ0) is 12.5. The molecule has 1 aromatic carbocycles. The van der Waals surface area contributed by atoms with Crippen LogP contribution in [0.2, 0.25) is 0 Å². The average Bonchev–Trinajstić information content (AvgIpc) is 2.52. The van der Waals surface area contributed by atoms with Gasteiger partial charge in [-0.2, -0.15) is 0 Å². The van der Waals surface area contributed by atoms with Gasteiger partial charge in [-0.3, -0.25) is 4.90 Å². The van der Waals surface area contributed by atoms with Crippen molar-refractivity contribution in [1.29, 1.82) is 0 Å². The molecule has 1 aliphatic heterocycles. The summed E-state index contributed by atoms with van der Waals surface area (Å²) in [5, 5.41) is 9.75. The Morgan fingerprint density at radius 1 is 1.47 bits per heavy atom. The largest absolute Gasteiger partial charge is 0.497 e. The number of likely N-dealkylation sites (tertiary alicyclic amines) is 1. The number of hydrogen-bond acceptors (Lipinski definition) is 3. The van der Waals surface area contributed by atoms with E-state index in [0.717, 1.165) is 25.3 Å². The van der Waals surface area contributed by atoms with E-state index in [2.05, 4.69) is 30.9 Å². The smallest absolute Gasteiger partial charge is 0.119 e. The summed E-state index contributed by atoms with van der Waals surface area (Å²) in [6, 6.07) is 8.12. The molecule has 2 rings (SSSR count). The maximum Gasteiger partial charge on any atom is 0.119 e. The minimum atomic E-state index is -0.199. The number of hydrogen-bond donors (Lipinski definition) is 1. The average molecular weight is 235 g/mol. The van der Waals surface area contributed by atoms with Gasteiger partial charge in [-0.05, 0) is 38.0 Å². The van der Waals surface area contributed by atoms with Gasteiger partial charge in [0.2, 0.25) is 0 Å². The summed E-state index contributed by atoms with van der Waals surface area (Å²) < 4.78 is 5.22. The lowest BCUT2D eigenvalue weighted by Crippen LogP contribution is -2.37. The highest BCUT2D eigenvalue weighted by Gasteiger charge is 2.37. The van der Waals surface area contributed by atoms with Crippen LogP contribution in [0.1, 0.15) is 25.8 Å². The molecule has 1 N–H and O–H groups in total. The molecular weight excluding hydrogens is 214 g/mol. The molecule has 1 heterocycles. The summed E-state index contributed by atoms with van der Waals surface area (Å²) in [5.41, 5.74) is 1.30. The van der Waals surface area contributed by atoms with Gasteiger partial charge in [0, 0.05) is 18.6 Å². The van der Waals surface area contributed by atoms with Crippen LogP contribution >= 0.6 is 0 Å². The molecule has 0 radical (unpaired) electrons.